The number of hydrogen-bond donors (Lipinski definition) is 1. The van der Waals surface area contributed by atoms with E-state index in [1.165, 1.54) is 0 Å². The fourth-order valence-corrected chi connectivity index (χ4v) is 2.93. The molecule has 5 heteroatoms. The van der Waals surface area contributed by atoms with Crippen molar-refractivity contribution in [2.24, 2.45) is 5.92 Å². The minimum Gasteiger partial charge on any atom is -0.481 e. The molecular weight excluding hydrogens is 244 g/mol. The van der Waals surface area contributed by atoms with Crippen molar-refractivity contribution in [3.63, 3.8) is 0 Å². The summed E-state index contributed by atoms with van der Waals surface area (Å²) < 4.78 is 5.76. The Hall–Kier alpha value is -1.49. The molecule has 102 valence electrons. The van der Waals surface area contributed by atoms with Crippen LogP contribution in [0.3, 0.4) is 0 Å². The van der Waals surface area contributed by atoms with Crippen molar-refractivity contribution in [3.8, 4) is 0 Å². The Labute approximate surface area is 112 Å². The molecule has 1 saturated heterocycles. The van der Waals surface area contributed by atoms with E-state index >= 15 is 0 Å². The maximum atomic E-state index is 11.0. The Morgan fingerprint density at radius 1 is 1.58 bits per heavy atom. The van der Waals surface area contributed by atoms with Gasteiger partial charge in [0.25, 0.3) is 0 Å². The van der Waals surface area contributed by atoms with E-state index in [0.29, 0.717) is 12.8 Å². The summed E-state index contributed by atoms with van der Waals surface area (Å²) in [7, 11) is 0. The van der Waals surface area contributed by atoms with Gasteiger partial charge in [-0.05, 0) is 44.6 Å². The molecule has 1 aromatic rings. The van der Waals surface area contributed by atoms with Gasteiger partial charge in [0.15, 0.2) is 5.82 Å². The lowest BCUT2D eigenvalue weighted by Gasteiger charge is -2.25. The van der Waals surface area contributed by atoms with E-state index in [9.17, 15) is 4.79 Å². The standard InChI is InChI=1S/C14H18N2O3/c1-14(5-2-6-19-14)13-15-8-10-7-9(12(17)18)3-4-11(10)16-13/h8-9H,2-7H2,1H3,(H,17,18). The van der Waals surface area contributed by atoms with Gasteiger partial charge in [-0.2, -0.15) is 0 Å². The van der Waals surface area contributed by atoms with Gasteiger partial charge in [-0.25, -0.2) is 9.97 Å². The first kappa shape index (κ1) is 12.5. The average molecular weight is 262 g/mol. The van der Waals surface area contributed by atoms with Crippen molar-refractivity contribution in [2.75, 3.05) is 6.61 Å². The highest BCUT2D eigenvalue weighted by Crippen LogP contribution is 2.34. The lowest BCUT2D eigenvalue weighted by atomic mass is 9.87. The first-order chi connectivity index (χ1) is 9.08. The number of aromatic nitrogens is 2. The Balaban J connectivity index is 1.87. The zero-order valence-corrected chi connectivity index (χ0v) is 11.1. The normalized spacial score (nSPS) is 30.1. The van der Waals surface area contributed by atoms with Crippen LogP contribution in [0.1, 0.15) is 43.3 Å². The third kappa shape index (κ3) is 2.23. The van der Waals surface area contributed by atoms with E-state index in [-0.39, 0.29) is 11.5 Å². The molecule has 2 aliphatic rings. The van der Waals surface area contributed by atoms with Gasteiger partial charge in [-0.15, -0.1) is 0 Å². The zero-order valence-electron chi connectivity index (χ0n) is 11.1. The van der Waals surface area contributed by atoms with E-state index in [0.717, 1.165) is 43.0 Å². The van der Waals surface area contributed by atoms with E-state index in [4.69, 9.17) is 9.84 Å². The maximum Gasteiger partial charge on any atom is 0.306 e. The Bertz CT molecular complexity index is 509. The van der Waals surface area contributed by atoms with Crippen molar-refractivity contribution in [2.45, 2.75) is 44.6 Å². The predicted molar refractivity (Wildman–Crippen MR) is 67.7 cm³/mol. The lowest BCUT2D eigenvalue weighted by molar-refractivity contribution is -0.142. The second kappa shape index (κ2) is 4.56. The predicted octanol–water partition coefficient (Wildman–Crippen LogP) is 1.69. The summed E-state index contributed by atoms with van der Waals surface area (Å²) >= 11 is 0. The van der Waals surface area contributed by atoms with Crippen LogP contribution in [0.4, 0.5) is 0 Å². The highest BCUT2D eigenvalue weighted by Gasteiger charge is 2.36. The molecule has 0 radical (unpaired) electrons. The Morgan fingerprint density at radius 3 is 3.11 bits per heavy atom. The zero-order chi connectivity index (χ0) is 13.5. The van der Waals surface area contributed by atoms with Crippen LogP contribution in [0.25, 0.3) is 0 Å². The molecule has 3 rings (SSSR count). The second-order valence-corrected chi connectivity index (χ2v) is 5.63. The van der Waals surface area contributed by atoms with Gasteiger partial charge < -0.3 is 9.84 Å². The Kier molecular flexibility index (Phi) is 3.01. The third-order valence-corrected chi connectivity index (χ3v) is 4.19. The molecule has 0 spiro atoms. The third-order valence-electron chi connectivity index (χ3n) is 4.19. The number of fused-ring (bicyclic) bond motifs is 1. The number of hydrogen-bond acceptors (Lipinski definition) is 4. The number of carboxylic acids is 1. The minimum atomic E-state index is -0.721. The fraction of sp³-hybridized carbons (Fsp3) is 0.643. The van der Waals surface area contributed by atoms with Crippen LogP contribution in [0.15, 0.2) is 6.20 Å². The number of ether oxygens (including phenoxy) is 1. The topological polar surface area (TPSA) is 72.3 Å². The van der Waals surface area contributed by atoms with E-state index < -0.39 is 5.97 Å². The molecule has 2 unspecified atom stereocenters. The van der Waals surface area contributed by atoms with Crippen LogP contribution in [-0.4, -0.2) is 27.7 Å². The van der Waals surface area contributed by atoms with E-state index in [1.54, 1.807) is 6.20 Å². The molecule has 1 aliphatic heterocycles. The molecule has 1 aliphatic carbocycles. The summed E-state index contributed by atoms with van der Waals surface area (Å²) in [5.41, 5.74) is 1.61. The molecule has 2 atom stereocenters. The fourth-order valence-electron chi connectivity index (χ4n) is 2.93. The molecule has 1 fully saturated rings. The number of aliphatic carboxylic acids is 1. The van der Waals surface area contributed by atoms with Gasteiger partial charge in [0.2, 0.25) is 0 Å². The summed E-state index contributed by atoms with van der Waals surface area (Å²) in [6, 6.07) is 0. The van der Waals surface area contributed by atoms with Crippen molar-refractivity contribution < 1.29 is 14.6 Å². The second-order valence-electron chi connectivity index (χ2n) is 5.63. The summed E-state index contributed by atoms with van der Waals surface area (Å²) in [6.07, 6.45) is 5.71. The van der Waals surface area contributed by atoms with Gasteiger partial charge in [-0.1, -0.05) is 0 Å². The van der Waals surface area contributed by atoms with E-state index in [2.05, 4.69) is 9.97 Å². The van der Waals surface area contributed by atoms with Gasteiger partial charge >= 0.3 is 5.97 Å². The molecule has 0 amide bonds. The molecule has 1 N–H and O–H groups in total. The SMILES string of the molecule is CC1(c2ncc3c(n2)CCC(C(=O)O)C3)CCCO1. The molecular formula is C14H18N2O3. The molecule has 5 nitrogen and oxygen atoms in total. The highest BCUT2D eigenvalue weighted by atomic mass is 16.5. The number of rotatable bonds is 2. The molecule has 1 aromatic heterocycles. The van der Waals surface area contributed by atoms with Crippen molar-refractivity contribution in [3.05, 3.63) is 23.3 Å². The average Bonchev–Trinajstić information content (AvgIpc) is 2.85. The minimum absolute atomic E-state index is 0.291. The van der Waals surface area contributed by atoms with Crippen LogP contribution in [0, 0.1) is 5.92 Å². The van der Waals surface area contributed by atoms with Gasteiger partial charge in [0.1, 0.15) is 5.60 Å². The van der Waals surface area contributed by atoms with Crippen molar-refractivity contribution in [1.29, 1.82) is 0 Å². The summed E-state index contributed by atoms with van der Waals surface area (Å²) in [6.45, 7) is 2.79. The molecule has 0 bridgehead atoms. The number of nitrogens with zero attached hydrogens (tertiary/aromatic N) is 2. The summed E-state index contributed by atoms with van der Waals surface area (Å²) in [5, 5.41) is 9.07. The maximum absolute atomic E-state index is 11.0. The van der Waals surface area contributed by atoms with Gasteiger partial charge in [0, 0.05) is 18.5 Å². The van der Waals surface area contributed by atoms with E-state index in [1.807, 2.05) is 6.92 Å². The number of aryl methyl sites for hydroxylation is 1. The van der Waals surface area contributed by atoms with Crippen LogP contribution >= 0.6 is 0 Å². The number of carboxylic acid groups (broad SMARTS) is 1. The van der Waals surface area contributed by atoms with Crippen LogP contribution in [0.2, 0.25) is 0 Å². The molecule has 0 saturated carbocycles. The molecule has 19 heavy (non-hydrogen) atoms. The lowest BCUT2D eigenvalue weighted by Crippen LogP contribution is -2.27. The first-order valence-electron chi connectivity index (χ1n) is 6.80. The summed E-state index contributed by atoms with van der Waals surface area (Å²) in [4.78, 5) is 20.1. The Morgan fingerprint density at radius 2 is 2.42 bits per heavy atom. The van der Waals surface area contributed by atoms with Crippen LogP contribution in [-0.2, 0) is 28.0 Å². The van der Waals surface area contributed by atoms with Gasteiger partial charge in [-0.3, -0.25) is 4.79 Å². The molecule has 0 aromatic carbocycles. The van der Waals surface area contributed by atoms with Crippen LogP contribution in [0.5, 0.6) is 0 Å². The summed E-state index contributed by atoms with van der Waals surface area (Å²) in [5.74, 6) is -0.265. The van der Waals surface area contributed by atoms with Crippen molar-refractivity contribution in [1.82, 2.24) is 9.97 Å². The smallest absolute Gasteiger partial charge is 0.306 e. The monoisotopic (exact) mass is 262 g/mol. The number of carbonyl (C=O) groups is 1. The largest absolute Gasteiger partial charge is 0.481 e. The first-order valence-corrected chi connectivity index (χ1v) is 6.80. The van der Waals surface area contributed by atoms with Crippen LogP contribution < -0.4 is 0 Å². The van der Waals surface area contributed by atoms with Crippen molar-refractivity contribution >= 4 is 5.97 Å². The quantitative estimate of drug-likeness (QED) is 0.878. The van der Waals surface area contributed by atoms with Gasteiger partial charge in [0.05, 0.1) is 5.92 Å². The highest BCUT2D eigenvalue weighted by molar-refractivity contribution is 5.70. The molecule has 2 heterocycles.